The van der Waals surface area contributed by atoms with E-state index in [4.69, 9.17) is 9.47 Å². The van der Waals surface area contributed by atoms with Crippen molar-refractivity contribution in [2.45, 2.75) is 38.6 Å². The summed E-state index contributed by atoms with van der Waals surface area (Å²) in [6.07, 6.45) is 5.74. The van der Waals surface area contributed by atoms with Gasteiger partial charge in [-0.15, -0.1) is 0 Å². The molecule has 0 unspecified atom stereocenters. The third-order valence-electron chi connectivity index (χ3n) is 4.19. The molecule has 1 amide bonds. The Morgan fingerprint density at radius 2 is 1.95 bits per heavy atom. The number of benzene rings is 1. The zero-order chi connectivity index (χ0) is 13.9. The Bertz CT molecular complexity index is 494. The van der Waals surface area contributed by atoms with Crippen LogP contribution in [0.4, 0.5) is 0 Å². The molecule has 1 aliphatic heterocycles. The van der Waals surface area contributed by atoms with Crippen LogP contribution in [-0.2, 0) is 11.3 Å². The van der Waals surface area contributed by atoms with Gasteiger partial charge in [0.1, 0.15) is 0 Å². The van der Waals surface area contributed by atoms with E-state index in [2.05, 4.69) is 0 Å². The molecule has 1 saturated carbocycles. The quantitative estimate of drug-likeness (QED) is 0.851. The van der Waals surface area contributed by atoms with Crippen molar-refractivity contribution in [2.24, 2.45) is 5.92 Å². The molecular weight excluding hydrogens is 254 g/mol. The molecule has 20 heavy (non-hydrogen) atoms. The predicted molar refractivity (Wildman–Crippen MR) is 75.6 cm³/mol. The average molecular weight is 275 g/mol. The minimum absolute atomic E-state index is 0.225. The van der Waals surface area contributed by atoms with Crippen LogP contribution >= 0.6 is 0 Å². The first-order valence-electron chi connectivity index (χ1n) is 7.37. The lowest BCUT2D eigenvalue weighted by molar-refractivity contribution is -0.135. The van der Waals surface area contributed by atoms with Crippen molar-refractivity contribution in [2.75, 3.05) is 13.8 Å². The number of fused-ring (bicyclic) bond motifs is 1. The van der Waals surface area contributed by atoms with Crippen LogP contribution in [0.5, 0.6) is 11.5 Å². The van der Waals surface area contributed by atoms with Crippen LogP contribution in [0.2, 0.25) is 0 Å². The van der Waals surface area contributed by atoms with Gasteiger partial charge in [-0.05, 0) is 30.5 Å². The number of carbonyl (C=O) groups excluding carboxylic acids is 1. The molecule has 0 saturated heterocycles. The van der Waals surface area contributed by atoms with Gasteiger partial charge in [0, 0.05) is 19.5 Å². The number of rotatable bonds is 3. The number of hydrogen-bond donors (Lipinski definition) is 0. The van der Waals surface area contributed by atoms with E-state index in [0.717, 1.165) is 29.9 Å². The molecule has 1 aromatic rings. The summed E-state index contributed by atoms with van der Waals surface area (Å²) in [5, 5.41) is 0. The molecule has 0 spiro atoms. The Balaban J connectivity index is 1.63. The van der Waals surface area contributed by atoms with Crippen LogP contribution in [0.25, 0.3) is 0 Å². The Hall–Kier alpha value is -1.71. The van der Waals surface area contributed by atoms with E-state index in [-0.39, 0.29) is 18.6 Å². The second-order valence-corrected chi connectivity index (χ2v) is 5.72. The van der Waals surface area contributed by atoms with Crippen LogP contribution in [-0.4, -0.2) is 24.6 Å². The third-order valence-corrected chi connectivity index (χ3v) is 4.19. The molecule has 4 heteroatoms. The summed E-state index contributed by atoms with van der Waals surface area (Å²) < 4.78 is 10.7. The maximum absolute atomic E-state index is 12.4. The molecule has 1 aliphatic carbocycles. The van der Waals surface area contributed by atoms with Crippen LogP contribution < -0.4 is 9.47 Å². The molecule has 0 aromatic heterocycles. The summed E-state index contributed by atoms with van der Waals surface area (Å²) in [5.74, 6) is 2.07. The van der Waals surface area contributed by atoms with Gasteiger partial charge in [0.05, 0.1) is 0 Å². The Morgan fingerprint density at radius 1 is 1.20 bits per heavy atom. The summed E-state index contributed by atoms with van der Waals surface area (Å²) >= 11 is 0. The van der Waals surface area contributed by atoms with Crippen LogP contribution in [0.15, 0.2) is 18.2 Å². The van der Waals surface area contributed by atoms with Gasteiger partial charge in [0.25, 0.3) is 0 Å². The fourth-order valence-corrected chi connectivity index (χ4v) is 3.05. The van der Waals surface area contributed by atoms with Crippen LogP contribution in [0.3, 0.4) is 0 Å². The largest absolute Gasteiger partial charge is 0.454 e. The molecule has 1 heterocycles. The first kappa shape index (κ1) is 13.3. The van der Waals surface area contributed by atoms with Gasteiger partial charge in [-0.25, -0.2) is 0 Å². The van der Waals surface area contributed by atoms with E-state index in [9.17, 15) is 4.79 Å². The summed E-state index contributed by atoms with van der Waals surface area (Å²) in [4.78, 5) is 14.2. The summed E-state index contributed by atoms with van der Waals surface area (Å²) in [6, 6.07) is 5.88. The highest BCUT2D eigenvalue weighted by atomic mass is 16.7. The first-order valence-corrected chi connectivity index (χ1v) is 7.37. The fraction of sp³-hybridized carbons (Fsp3) is 0.562. The van der Waals surface area contributed by atoms with Gasteiger partial charge < -0.3 is 14.4 Å². The maximum Gasteiger partial charge on any atom is 0.231 e. The van der Waals surface area contributed by atoms with Crippen molar-refractivity contribution < 1.29 is 14.3 Å². The Kier molecular flexibility index (Phi) is 3.81. The molecule has 0 atom stereocenters. The van der Waals surface area contributed by atoms with Gasteiger partial charge in [-0.1, -0.05) is 25.3 Å². The number of hydrogen-bond acceptors (Lipinski definition) is 3. The normalized spacial score (nSPS) is 18.1. The average Bonchev–Trinajstić information content (AvgIpc) is 2.95. The highest BCUT2D eigenvalue weighted by Gasteiger charge is 2.24. The second kappa shape index (κ2) is 5.73. The van der Waals surface area contributed by atoms with Crippen molar-refractivity contribution in [3.8, 4) is 11.5 Å². The lowest BCUT2D eigenvalue weighted by Crippen LogP contribution is -2.33. The van der Waals surface area contributed by atoms with Gasteiger partial charge in [-0.2, -0.15) is 0 Å². The van der Waals surface area contributed by atoms with E-state index in [0.29, 0.717) is 6.54 Å². The van der Waals surface area contributed by atoms with Gasteiger partial charge in [0.15, 0.2) is 11.5 Å². The van der Waals surface area contributed by atoms with Crippen molar-refractivity contribution >= 4 is 5.91 Å². The third kappa shape index (κ3) is 2.74. The maximum atomic E-state index is 12.4. The van der Waals surface area contributed by atoms with Gasteiger partial charge >= 0.3 is 0 Å². The summed E-state index contributed by atoms with van der Waals surface area (Å²) in [6.45, 7) is 0.918. The van der Waals surface area contributed by atoms with Crippen LogP contribution in [0, 0.1) is 5.92 Å². The van der Waals surface area contributed by atoms with Crippen molar-refractivity contribution in [1.82, 2.24) is 4.90 Å². The first-order chi connectivity index (χ1) is 9.74. The van der Waals surface area contributed by atoms with E-state index in [1.807, 2.05) is 30.1 Å². The van der Waals surface area contributed by atoms with E-state index < -0.39 is 0 Å². The topological polar surface area (TPSA) is 38.8 Å². The molecule has 1 aromatic carbocycles. The van der Waals surface area contributed by atoms with Crippen molar-refractivity contribution in [3.63, 3.8) is 0 Å². The van der Waals surface area contributed by atoms with Crippen LogP contribution in [0.1, 0.15) is 37.7 Å². The minimum atomic E-state index is 0.225. The minimum Gasteiger partial charge on any atom is -0.454 e. The molecule has 3 rings (SSSR count). The van der Waals surface area contributed by atoms with Crippen molar-refractivity contribution in [3.05, 3.63) is 23.8 Å². The Labute approximate surface area is 119 Å². The molecule has 0 N–H and O–H groups in total. The van der Waals surface area contributed by atoms with E-state index >= 15 is 0 Å². The molecule has 2 aliphatic rings. The Morgan fingerprint density at radius 3 is 2.75 bits per heavy atom. The summed E-state index contributed by atoms with van der Waals surface area (Å²) in [7, 11) is 1.89. The highest BCUT2D eigenvalue weighted by Crippen LogP contribution is 2.33. The number of amides is 1. The molecule has 108 valence electrons. The highest BCUT2D eigenvalue weighted by molar-refractivity contribution is 5.78. The number of nitrogens with zero attached hydrogens (tertiary/aromatic N) is 1. The number of carbonyl (C=O) groups is 1. The zero-order valence-corrected chi connectivity index (χ0v) is 11.9. The van der Waals surface area contributed by atoms with Gasteiger partial charge in [0.2, 0.25) is 12.7 Å². The molecule has 1 fully saturated rings. The molecule has 0 radical (unpaired) electrons. The van der Waals surface area contributed by atoms with Crippen molar-refractivity contribution in [1.29, 1.82) is 0 Å². The SMILES string of the molecule is CN(Cc1ccc2c(c1)OCO2)C(=O)C1CCCCC1. The molecular formula is C16H21NO3. The second-order valence-electron chi connectivity index (χ2n) is 5.72. The monoisotopic (exact) mass is 275 g/mol. The van der Waals surface area contributed by atoms with Gasteiger partial charge in [-0.3, -0.25) is 4.79 Å². The zero-order valence-electron chi connectivity index (χ0n) is 11.9. The summed E-state index contributed by atoms with van der Waals surface area (Å²) in [5.41, 5.74) is 1.08. The lowest BCUT2D eigenvalue weighted by Gasteiger charge is -2.26. The number of ether oxygens (including phenoxy) is 2. The van der Waals surface area contributed by atoms with E-state index in [1.165, 1.54) is 19.3 Å². The smallest absolute Gasteiger partial charge is 0.231 e. The predicted octanol–water partition coefficient (Wildman–Crippen LogP) is 2.95. The molecule has 0 bridgehead atoms. The molecule has 4 nitrogen and oxygen atoms in total. The standard InChI is InChI=1S/C16H21NO3/c1-17(16(18)13-5-3-2-4-6-13)10-12-7-8-14-15(9-12)20-11-19-14/h7-9,13H,2-6,10-11H2,1H3. The lowest BCUT2D eigenvalue weighted by atomic mass is 9.88. The fourth-order valence-electron chi connectivity index (χ4n) is 3.05. The van der Waals surface area contributed by atoms with E-state index in [1.54, 1.807) is 0 Å².